The molecule has 0 saturated heterocycles. The first-order valence-electron chi connectivity index (χ1n) is 7.42. The number of carbonyl (C=O) groups excluding carboxylic acids is 1. The van der Waals surface area contributed by atoms with Crippen LogP contribution in [0.5, 0.6) is 5.75 Å². The Morgan fingerprint density at radius 2 is 2.09 bits per heavy atom. The van der Waals surface area contributed by atoms with Gasteiger partial charge >= 0.3 is 6.03 Å². The minimum absolute atomic E-state index is 0.157. The number of halogens is 1. The number of nitrogens with one attached hydrogen (secondary N) is 1. The van der Waals surface area contributed by atoms with Gasteiger partial charge in [-0.1, -0.05) is 12.2 Å². The summed E-state index contributed by atoms with van der Waals surface area (Å²) in [7, 11) is 0. The number of benzene rings is 1. The van der Waals surface area contributed by atoms with Crippen molar-refractivity contribution >= 4 is 6.03 Å². The summed E-state index contributed by atoms with van der Waals surface area (Å²) in [5.74, 6) is 0.319. The lowest BCUT2D eigenvalue weighted by Crippen LogP contribution is -2.40. The lowest BCUT2D eigenvalue weighted by Gasteiger charge is -2.22. The van der Waals surface area contributed by atoms with Gasteiger partial charge in [0.05, 0.1) is 6.61 Å². The molecule has 0 spiro atoms. The van der Waals surface area contributed by atoms with Crippen LogP contribution in [0, 0.1) is 5.82 Å². The second-order valence-corrected chi connectivity index (χ2v) is 5.13. The molecule has 1 heterocycles. The fourth-order valence-corrected chi connectivity index (χ4v) is 2.41. The van der Waals surface area contributed by atoms with Gasteiger partial charge in [0.15, 0.2) is 6.79 Å². The summed E-state index contributed by atoms with van der Waals surface area (Å²) in [6, 6.07) is 2.63. The normalized spacial score (nSPS) is 12.7. The zero-order valence-electron chi connectivity index (χ0n) is 13.0. The number of ether oxygens (including phenoxy) is 2. The third-order valence-corrected chi connectivity index (χ3v) is 3.41. The van der Waals surface area contributed by atoms with E-state index in [1.54, 1.807) is 17.1 Å². The number of hydrogen-bond donors (Lipinski definition) is 1. The SMILES string of the molecule is C=CCN(CC=C)C(=O)NCCc1cc(F)cc2c1OCOC2. The lowest BCUT2D eigenvalue weighted by molar-refractivity contribution is -0.0172. The van der Waals surface area contributed by atoms with Crippen LogP contribution in [0.25, 0.3) is 0 Å². The van der Waals surface area contributed by atoms with Gasteiger partial charge in [-0.15, -0.1) is 13.2 Å². The number of rotatable bonds is 7. The van der Waals surface area contributed by atoms with Gasteiger partial charge in [-0.05, 0) is 24.1 Å². The predicted molar refractivity (Wildman–Crippen MR) is 85.8 cm³/mol. The Bertz CT molecular complexity index is 579. The van der Waals surface area contributed by atoms with E-state index in [0.717, 1.165) is 5.56 Å². The molecule has 0 unspecified atom stereocenters. The van der Waals surface area contributed by atoms with Gasteiger partial charge in [0.25, 0.3) is 0 Å². The van der Waals surface area contributed by atoms with Crippen LogP contribution in [0.3, 0.4) is 0 Å². The average molecular weight is 320 g/mol. The van der Waals surface area contributed by atoms with E-state index in [1.807, 2.05) is 0 Å². The number of fused-ring (bicyclic) bond motifs is 1. The van der Waals surface area contributed by atoms with E-state index in [9.17, 15) is 9.18 Å². The van der Waals surface area contributed by atoms with Gasteiger partial charge in [-0.3, -0.25) is 0 Å². The molecular formula is C17H21FN2O3. The van der Waals surface area contributed by atoms with Gasteiger partial charge < -0.3 is 19.7 Å². The van der Waals surface area contributed by atoms with Gasteiger partial charge in [-0.25, -0.2) is 9.18 Å². The number of carbonyl (C=O) groups is 1. The summed E-state index contributed by atoms with van der Waals surface area (Å²) in [6.07, 6.45) is 3.78. The highest BCUT2D eigenvalue weighted by atomic mass is 19.1. The highest BCUT2D eigenvalue weighted by Crippen LogP contribution is 2.29. The summed E-state index contributed by atoms with van der Waals surface area (Å²) < 4.78 is 24.2. The van der Waals surface area contributed by atoms with E-state index in [-0.39, 0.29) is 18.6 Å². The Labute approximate surface area is 135 Å². The van der Waals surface area contributed by atoms with Crippen LogP contribution >= 0.6 is 0 Å². The van der Waals surface area contributed by atoms with Gasteiger partial charge in [-0.2, -0.15) is 0 Å². The first kappa shape index (κ1) is 17.0. The summed E-state index contributed by atoms with van der Waals surface area (Å²) in [5, 5.41) is 2.81. The molecule has 2 amide bonds. The first-order valence-corrected chi connectivity index (χ1v) is 7.42. The Hall–Kier alpha value is -2.34. The van der Waals surface area contributed by atoms with Crippen molar-refractivity contribution in [3.05, 3.63) is 54.4 Å². The third kappa shape index (κ3) is 4.56. The molecule has 0 saturated carbocycles. The van der Waals surface area contributed by atoms with E-state index in [2.05, 4.69) is 18.5 Å². The second kappa shape index (κ2) is 8.33. The fraction of sp³-hybridized carbons (Fsp3) is 0.353. The molecule has 124 valence electrons. The summed E-state index contributed by atoms with van der Waals surface area (Å²) in [4.78, 5) is 13.6. The van der Waals surface area contributed by atoms with Crippen molar-refractivity contribution in [2.45, 2.75) is 13.0 Å². The summed E-state index contributed by atoms with van der Waals surface area (Å²) in [6.45, 7) is 8.99. The van der Waals surface area contributed by atoms with Crippen molar-refractivity contribution < 1.29 is 18.7 Å². The molecule has 0 radical (unpaired) electrons. The predicted octanol–water partition coefficient (Wildman–Crippen LogP) is 2.62. The monoisotopic (exact) mass is 320 g/mol. The molecule has 0 atom stereocenters. The molecule has 2 rings (SSSR count). The van der Waals surface area contributed by atoms with Crippen molar-refractivity contribution in [3.8, 4) is 5.75 Å². The van der Waals surface area contributed by atoms with Crippen LogP contribution in [-0.4, -0.2) is 37.4 Å². The fourth-order valence-electron chi connectivity index (χ4n) is 2.41. The molecule has 6 heteroatoms. The number of nitrogens with zero attached hydrogens (tertiary/aromatic N) is 1. The largest absolute Gasteiger partial charge is 0.467 e. The highest BCUT2D eigenvalue weighted by Gasteiger charge is 2.17. The Morgan fingerprint density at radius 3 is 2.78 bits per heavy atom. The molecule has 1 aromatic rings. The summed E-state index contributed by atoms with van der Waals surface area (Å²) in [5.41, 5.74) is 1.42. The number of urea groups is 1. The molecule has 1 aliphatic heterocycles. The molecule has 1 N–H and O–H groups in total. The molecular weight excluding hydrogens is 299 g/mol. The number of hydrogen-bond acceptors (Lipinski definition) is 3. The molecule has 0 fully saturated rings. The molecule has 1 aliphatic rings. The molecule has 23 heavy (non-hydrogen) atoms. The van der Waals surface area contributed by atoms with E-state index < -0.39 is 0 Å². The van der Waals surface area contributed by atoms with E-state index >= 15 is 0 Å². The van der Waals surface area contributed by atoms with Crippen molar-refractivity contribution in [1.29, 1.82) is 0 Å². The maximum Gasteiger partial charge on any atom is 0.317 e. The van der Waals surface area contributed by atoms with Gasteiger partial charge in [0, 0.05) is 25.2 Å². The topological polar surface area (TPSA) is 50.8 Å². The zero-order valence-corrected chi connectivity index (χ0v) is 13.0. The maximum atomic E-state index is 13.6. The van der Waals surface area contributed by atoms with Crippen LogP contribution in [0.1, 0.15) is 11.1 Å². The minimum Gasteiger partial charge on any atom is -0.467 e. The van der Waals surface area contributed by atoms with E-state index in [0.29, 0.717) is 44.0 Å². The average Bonchev–Trinajstić information content (AvgIpc) is 2.54. The lowest BCUT2D eigenvalue weighted by atomic mass is 10.1. The van der Waals surface area contributed by atoms with Crippen molar-refractivity contribution in [2.75, 3.05) is 26.4 Å². The summed E-state index contributed by atoms with van der Waals surface area (Å²) >= 11 is 0. The zero-order chi connectivity index (χ0) is 16.7. The molecule has 0 aromatic heterocycles. The van der Waals surface area contributed by atoms with Crippen molar-refractivity contribution in [3.63, 3.8) is 0 Å². The van der Waals surface area contributed by atoms with E-state index in [1.165, 1.54) is 12.1 Å². The third-order valence-electron chi connectivity index (χ3n) is 3.41. The molecule has 0 aliphatic carbocycles. The van der Waals surface area contributed by atoms with Crippen LogP contribution in [0.4, 0.5) is 9.18 Å². The van der Waals surface area contributed by atoms with Crippen LogP contribution in [-0.2, 0) is 17.8 Å². The first-order chi connectivity index (χ1) is 11.2. The minimum atomic E-state index is -0.334. The van der Waals surface area contributed by atoms with Crippen LogP contribution in [0.15, 0.2) is 37.4 Å². The molecule has 5 nitrogen and oxygen atoms in total. The Kier molecular flexibility index (Phi) is 6.17. The van der Waals surface area contributed by atoms with Crippen molar-refractivity contribution in [1.82, 2.24) is 10.2 Å². The van der Waals surface area contributed by atoms with Gasteiger partial charge in [0.2, 0.25) is 0 Å². The molecule has 1 aromatic carbocycles. The van der Waals surface area contributed by atoms with Crippen LogP contribution in [0.2, 0.25) is 0 Å². The number of amides is 2. The molecule has 0 bridgehead atoms. The smallest absolute Gasteiger partial charge is 0.317 e. The van der Waals surface area contributed by atoms with Crippen LogP contribution < -0.4 is 10.1 Å². The van der Waals surface area contributed by atoms with E-state index in [4.69, 9.17) is 9.47 Å². The maximum absolute atomic E-state index is 13.6. The standard InChI is InChI=1S/C17H21FN2O3/c1-3-7-20(8-4-2)17(21)19-6-5-13-9-15(18)10-14-11-22-12-23-16(13)14/h3-4,9-10H,1-2,5-8,11-12H2,(H,19,21). The quantitative estimate of drug-likeness (QED) is 0.786. The second-order valence-electron chi connectivity index (χ2n) is 5.13. The highest BCUT2D eigenvalue weighted by molar-refractivity contribution is 5.74. The van der Waals surface area contributed by atoms with Gasteiger partial charge in [0.1, 0.15) is 11.6 Å². The Morgan fingerprint density at radius 1 is 1.35 bits per heavy atom. The van der Waals surface area contributed by atoms with Crippen molar-refractivity contribution in [2.24, 2.45) is 0 Å². The Balaban J connectivity index is 1.96.